The van der Waals surface area contributed by atoms with Crippen LogP contribution < -0.4 is 5.32 Å². The number of hydrogen-bond donors (Lipinski definition) is 2. The normalized spacial score (nSPS) is 23.1. The largest absolute Gasteiger partial charge is 0.390 e. The summed E-state index contributed by atoms with van der Waals surface area (Å²) in [5.41, 5.74) is 0.464. The fourth-order valence-corrected chi connectivity index (χ4v) is 2.33. The Morgan fingerprint density at radius 3 is 2.67 bits per heavy atom. The van der Waals surface area contributed by atoms with Gasteiger partial charge in [0.25, 0.3) is 5.91 Å². The van der Waals surface area contributed by atoms with E-state index in [1.807, 2.05) is 0 Å². The minimum atomic E-state index is -0.540. The van der Waals surface area contributed by atoms with E-state index in [1.54, 1.807) is 19.2 Å². The highest BCUT2D eigenvalue weighted by Gasteiger charge is 2.31. The summed E-state index contributed by atoms with van der Waals surface area (Å²) in [5, 5.41) is 13.6. The first kappa shape index (κ1) is 13.6. The highest BCUT2D eigenvalue weighted by molar-refractivity contribution is 6.42. The zero-order valence-electron chi connectivity index (χ0n) is 9.86. The van der Waals surface area contributed by atoms with Crippen LogP contribution in [0.3, 0.4) is 0 Å². The maximum Gasteiger partial charge on any atom is 0.254 e. The van der Waals surface area contributed by atoms with Gasteiger partial charge in [-0.15, -0.1) is 0 Å². The standard InChI is InChI=1S/C12H14Cl2N2O2/c1-16(10-5-15-6-11(10)17)12(18)7-2-3-8(13)9(14)4-7/h2-4,10-11,15,17H,5-6H2,1H3/t10-,11-/m0/s1. The summed E-state index contributed by atoms with van der Waals surface area (Å²) in [6.45, 7) is 1.09. The number of aliphatic hydroxyl groups is 1. The maximum absolute atomic E-state index is 12.2. The molecule has 2 rings (SSSR count). The first-order valence-electron chi connectivity index (χ1n) is 5.61. The molecule has 1 aliphatic rings. The summed E-state index contributed by atoms with van der Waals surface area (Å²) in [6.07, 6.45) is -0.540. The van der Waals surface area contributed by atoms with Crippen molar-refractivity contribution in [3.63, 3.8) is 0 Å². The van der Waals surface area contributed by atoms with Gasteiger partial charge in [-0.2, -0.15) is 0 Å². The lowest BCUT2D eigenvalue weighted by atomic mass is 10.1. The van der Waals surface area contributed by atoms with Crippen molar-refractivity contribution in [1.82, 2.24) is 10.2 Å². The van der Waals surface area contributed by atoms with E-state index < -0.39 is 6.10 Å². The summed E-state index contributed by atoms with van der Waals surface area (Å²) in [7, 11) is 1.67. The molecule has 0 spiro atoms. The molecule has 2 N–H and O–H groups in total. The third-order valence-electron chi connectivity index (χ3n) is 3.14. The van der Waals surface area contributed by atoms with Gasteiger partial charge in [0.1, 0.15) is 0 Å². The Morgan fingerprint density at radius 2 is 2.11 bits per heavy atom. The van der Waals surface area contributed by atoms with Crippen LogP contribution in [-0.2, 0) is 0 Å². The predicted octanol–water partition coefficient (Wildman–Crippen LogP) is 1.40. The summed E-state index contributed by atoms with van der Waals surface area (Å²) in [6, 6.07) is 4.54. The lowest BCUT2D eigenvalue weighted by Crippen LogP contribution is -2.44. The molecule has 18 heavy (non-hydrogen) atoms. The number of aliphatic hydroxyl groups excluding tert-OH is 1. The Morgan fingerprint density at radius 1 is 1.39 bits per heavy atom. The quantitative estimate of drug-likeness (QED) is 0.865. The maximum atomic E-state index is 12.2. The van der Waals surface area contributed by atoms with Crippen molar-refractivity contribution in [3.8, 4) is 0 Å². The average Bonchev–Trinajstić information content (AvgIpc) is 2.77. The fraction of sp³-hybridized carbons (Fsp3) is 0.417. The Bertz CT molecular complexity index is 467. The van der Waals surface area contributed by atoms with Gasteiger partial charge in [-0.1, -0.05) is 23.2 Å². The predicted molar refractivity (Wildman–Crippen MR) is 71.2 cm³/mol. The number of carbonyl (C=O) groups is 1. The lowest BCUT2D eigenvalue weighted by Gasteiger charge is -2.26. The van der Waals surface area contributed by atoms with Crippen LogP contribution in [0.4, 0.5) is 0 Å². The first-order valence-corrected chi connectivity index (χ1v) is 6.37. The summed E-state index contributed by atoms with van der Waals surface area (Å²) in [5.74, 6) is -0.179. The molecule has 0 unspecified atom stereocenters. The van der Waals surface area contributed by atoms with Crippen LogP contribution in [0.5, 0.6) is 0 Å². The second kappa shape index (κ2) is 5.45. The van der Waals surface area contributed by atoms with Crippen LogP contribution in [0.15, 0.2) is 18.2 Å². The molecule has 1 aromatic carbocycles. The van der Waals surface area contributed by atoms with Crippen molar-refractivity contribution in [1.29, 1.82) is 0 Å². The molecule has 0 aliphatic carbocycles. The van der Waals surface area contributed by atoms with Crippen molar-refractivity contribution < 1.29 is 9.90 Å². The topological polar surface area (TPSA) is 52.6 Å². The molecule has 98 valence electrons. The van der Waals surface area contributed by atoms with E-state index in [9.17, 15) is 9.90 Å². The highest BCUT2D eigenvalue weighted by Crippen LogP contribution is 2.23. The molecule has 4 nitrogen and oxygen atoms in total. The van der Waals surface area contributed by atoms with Crippen LogP contribution in [0.25, 0.3) is 0 Å². The molecule has 0 aromatic heterocycles. The number of likely N-dealkylation sites (N-methyl/N-ethyl adjacent to an activating group) is 1. The second-order valence-electron chi connectivity index (χ2n) is 4.34. The van der Waals surface area contributed by atoms with Gasteiger partial charge in [-0.25, -0.2) is 0 Å². The SMILES string of the molecule is CN(C(=O)c1ccc(Cl)c(Cl)c1)[C@H]1CNC[C@@H]1O. The van der Waals surface area contributed by atoms with Crippen molar-refractivity contribution in [2.24, 2.45) is 0 Å². The number of carbonyl (C=O) groups excluding carboxylic acids is 1. The van der Waals surface area contributed by atoms with E-state index in [0.29, 0.717) is 28.7 Å². The average molecular weight is 289 g/mol. The van der Waals surface area contributed by atoms with Gasteiger partial charge in [-0.3, -0.25) is 4.79 Å². The van der Waals surface area contributed by atoms with Crippen LogP contribution in [0.2, 0.25) is 10.0 Å². The van der Waals surface area contributed by atoms with E-state index in [1.165, 1.54) is 11.0 Å². The molecule has 1 aliphatic heterocycles. The lowest BCUT2D eigenvalue weighted by molar-refractivity contribution is 0.0581. The van der Waals surface area contributed by atoms with Gasteiger partial charge in [-0.05, 0) is 18.2 Å². The zero-order valence-corrected chi connectivity index (χ0v) is 11.4. The summed E-state index contributed by atoms with van der Waals surface area (Å²) in [4.78, 5) is 13.8. The molecule has 0 saturated carbocycles. The van der Waals surface area contributed by atoms with Gasteiger partial charge in [0.05, 0.1) is 22.2 Å². The molecule has 0 bridgehead atoms. The third-order valence-corrected chi connectivity index (χ3v) is 3.87. The number of benzene rings is 1. The Hall–Kier alpha value is -0.810. The van der Waals surface area contributed by atoms with E-state index >= 15 is 0 Å². The van der Waals surface area contributed by atoms with Gasteiger partial charge in [0, 0.05) is 25.7 Å². The Kier molecular flexibility index (Phi) is 4.12. The zero-order chi connectivity index (χ0) is 13.3. The molecular formula is C12H14Cl2N2O2. The van der Waals surface area contributed by atoms with Gasteiger partial charge in [0.15, 0.2) is 0 Å². The monoisotopic (exact) mass is 288 g/mol. The van der Waals surface area contributed by atoms with E-state index in [-0.39, 0.29) is 11.9 Å². The van der Waals surface area contributed by atoms with Crippen LogP contribution in [-0.4, -0.2) is 48.2 Å². The number of β-amino-alcohol motifs (C(OH)–C–C–N with tert-alkyl or cyclic N) is 1. The molecular weight excluding hydrogens is 275 g/mol. The third kappa shape index (κ3) is 2.62. The number of hydrogen-bond acceptors (Lipinski definition) is 3. The molecule has 6 heteroatoms. The van der Waals surface area contributed by atoms with Crippen LogP contribution in [0.1, 0.15) is 10.4 Å². The van der Waals surface area contributed by atoms with Crippen LogP contribution >= 0.6 is 23.2 Å². The highest BCUT2D eigenvalue weighted by atomic mass is 35.5. The number of nitrogens with one attached hydrogen (secondary N) is 1. The number of halogens is 2. The molecule has 0 radical (unpaired) electrons. The molecule has 1 aromatic rings. The minimum Gasteiger partial charge on any atom is -0.390 e. The second-order valence-corrected chi connectivity index (χ2v) is 5.15. The molecule has 1 amide bonds. The van der Waals surface area contributed by atoms with Crippen molar-refractivity contribution >= 4 is 29.1 Å². The summed E-state index contributed by atoms with van der Waals surface area (Å²) >= 11 is 11.7. The molecule has 1 heterocycles. The van der Waals surface area contributed by atoms with Crippen molar-refractivity contribution in [2.45, 2.75) is 12.1 Å². The molecule has 2 atom stereocenters. The summed E-state index contributed by atoms with van der Waals surface area (Å²) < 4.78 is 0. The van der Waals surface area contributed by atoms with E-state index in [2.05, 4.69) is 5.32 Å². The molecule has 1 saturated heterocycles. The van der Waals surface area contributed by atoms with Crippen LogP contribution in [0, 0.1) is 0 Å². The van der Waals surface area contributed by atoms with Gasteiger partial charge >= 0.3 is 0 Å². The van der Waals surface area contributed by atoms with Crippen molar-refractivity contribution in [3.05, 3.63) is 33.8 Å². The van der Waals surface area contributed by atoms with Gasteiger partial charge in [0.2, 0.25) is 0 Å². The smallest absolute Gasteiger partial charge is 0.254 e. The van der Waals surface area contributed by atoms with Crippen molar-refractivity contribution in [2.75, 3.05) is 20.1 Å². The minimum absolute atomic E-state index is 0.179. The molecule has 1 fully saturated rings. The number of rotatable bonds is 2. The van der Waals surface area contributed by atoms with Gasteiger partial charge < -0.3 is 15.3 Å². The van der Waals surface area contributed by atoms with E-state index in [0.717, 1.165) is 0 Å². The Balaban J connectivity index is 2.17. The van der Waals surface area contributed by atoms with E-state index in [4.69, 9.17) is 23.2 Å². The Labute approximate surface area is 115 Å². The fourth-order valence-electron chi connectivity index (χ4n) is 2.03. The first-order chi connectivity index (χ1) is 8.50. The number of nitrogens with zero attached hydrogens (tertiary/aromatic N) is 1. The number of amides is 1.